The standard InChI is InChI=1S/C15H28N2O/c1-13(18)17-11-8-15(9-12-17)16-10-7-14-5-3-2-4-6-14/h14-16H,2-12H2,1H3. The van der Waals surface area contributed by atoms with Crippen molar-refractivity contribution in [2.75, 3.05) is 19.6 Å². The summed E-state index contributed by atoms with van der Waals surface area (Å²) in [5.41, 5.74) is 0. The second-order valence-corrected chi connectivity index (χ2v) is 6.03. The Morgan fingerprint density at radius 2 is 1.78 bits per heavy atom. The summed E-state index contributed by atoms with van der Waals surface area (Å²) in [4.78, 5) is 13.2. The monoisotopic (exact) mass is 252 g/mol. The molecule has 1 heterocycles. The van der Waals surface area contributed by atoms with E-state index < -0.39 is 0 Å². The Labute approximate surface area is 111 Å². The Kier molecular flexibility index (Phi) is 5.48. The van der Waals surface area contributed by atoms with Gasteiger partial charge in [0.1, 0.15) is 0 Å². The predicted molar refractivity (Wildman–Crippen MR) is 74.5 cm³/mol. The fourth-order valence-corrected chi connectivity index (χ4v) is 3.37. The maximum absolute atomic E-state index is 11.2. The van der Waals surface area contributed by atoms with Crippen LogP contribution in [0.5, 0.6) is 0 Å². The molecule has 0 radical (unpaired) electrons. The number of nitrogens with one attached hydrogen (secondary N) is 1. The molecular weight excluding hydrogens is 224 g/mol. The first-order valence-electron chi connectivity index (χ1n) is 7.74. The molecule has 0 bridgehead atoms. The molecule has 0 atom stereocenters. The molecule has 3 nitrogen and oxygen atoms in total. The fraction of sp³-hybridized carbons (Fsp3) is 0.933. The van der Waals surface area contributed by atoms with Gasteiger partial charge in [-0.25, -0.2) is 0 Å². The molecule has 1 amide bonds. The molecule has 1 aliphatic carbocycles. The Morgan fingerprint density at radius 3 is 2.39 bits per heavy atom. The van der Waals surface area contributed by atoms with Crippen molar-refractivity contribution >= 4 is 5.91 Å². The van der Waals surface area contributed by atoms with E-state index >= 15 is 0 Å². The van der Waals surface area contributed by atoms with Crippen LogP contribution in [0.2, 0.25) is 0 Å². The molecule has 1 saturated heterocycles. The highest BCUT2D eigenvalue weighted by atomic mass is 16.2. The smallest absolute Gasteiger partial charge is 0.219 e. The van der Waals surface area contributed by atoms with Crippen molar-refractivity contribution in [3.05, 3.63) is 0 Å². The van der Waals surface area contributed by atoms with Crippen LogP contribution in [0.4, 0.5) is 0 Å². The number of nitrogens with zero attached hydrogens (tertiary/aromatic N) is 1. The number of carbonyl (C=O) groups excluding carboxylic acids is 1. The third-order valence-electron chi connectivity index (χ3n) is 4.65. The summed E-state index contributed by atoms with van der Waals surface area (Å²) < 4.78 is 0. The van der Waals surface area contributed by atoms with E-state index in [0.29, 0.717) is 6.04 Å². The summed E-state index contributed by atoms with van der Waals surface area (Å²) in [5, 5.41) is 3.69. The van der Waals surface area contributed by atoms with Crippen LogP contribution >= 0.6 is 0 Å². The van der Waals surface area contributed by atoms with Crippen LogP contribution in [-0.4, -0.2) is 36.5 Å². The third kappa shape index (κ3) is 4.27. The Bertz CT molecular complexity index is 253. The average Bonchev–Trinajstić information content (AvgIpc) is 2.40. The summed E-state index contributed by atoms with van der Waals surface area (Å²) in [6.07, 6.45) is 10.9. The third-order valence-corrected chi connectivity index (χ3v) is 4.65. The lowest BCUT2D eigenvalue weighted by atomic mass is 9.87. The quantitative estimate of drug-likeness (QED) is 0.834. The Balaban J connectivity index is 1.56. The molecule has 0 unspecified atom stereocenters. The van der Waals surface area contributed by atoms with Crippen LogP contribution in [0, 0.1) is 5.92 Å². The SMILES string of the molecule is CC(=O)N1CCC(NCCC2CCCCC2)CC1. The average molecular weight is 252 g/mol. The minimum Gasteiger partial charge on any atom is -0.343 e. The minimum atomic E-state index is 0.232. The van der Waals surface area contributed by atoms with E-state index in [2.05, 4.69) is 5.32 Å². The number of piperidine rings is 1. The van der Waals surface area contributed by atoms with Crippen molar-refractivity contribution in [3.63, 3.8) is 0 Å². The number of hydrogen-bond acceptors (Lipinski definition) is 2. The van der Waals surface area contributed by atoms with Gasteiger partial charge in [0, 0.05) is 26.1 Å². The summed E-state index contributed by atoms with van der Waals surface area (Å²) >= 11 is 0. The van der Waals surface area contributed by atoms with Crippen molar-refractivity contribution in [2.45, 2.75) is 64.3 Å². The van der Waals surface area contributed by atoms with E-state index in [1.807, 2.05) is 4.90 Å². The number of hydrogen-bond donors (Lipinski definition) is 1. The van der Waals surface area contributed by atoms with E-state index in [1.165, 1.54) is 45.1 Å². The van der Waals surface area contributed by atoms with Crippen molar-refractivity contribution in [2.24, 2.45) is 5.92 Å². The molecule has 0 aromatic carbocycles. The summed E-state index contributed by atoms with van der Waals surface area (Å²) in [6, 6.07) is 0.643. The number of likely N-dealkylation sites (tertiary alicyclic amines) is 1. The first-order chi connectivity index (χ1) is 8.75. The molecule has 2 aliphatic rings. The van der Waals surface area contributed by atoms with E-state index in [4.69, 9.17) is 0 Å². The fourth-order valence-electron chi connectivity index (χ4n) is 3.37. The second-order valence-electron chi connectivity index (χ2n) is 6.03. The molecule has 0 aromatic heterocycles. The Morgan fingerprint density at radius 1 is 1.11 bits per heavy atom. The Hall–Kier alpha value is -0.570. The topological polar surface area (TPSA) is 32.3 Å². The zero-order valence-corrected chi connectivity index (χ0v) is 11.8. The lowest BCUT2D eigenvalue weighted by Crippen LogP contribution is -2.44. The molecule has 1 saturated carbocycles. The lowest BCUT2D eigenvalue weighted by Gasteiger charge is -2.32. The largest absolute Gasteiger partial charge is 0.343 e. The van der Waals surface area contributed by atoms with Gasteiger partial charge in [-0.3, -0.25) is 4.79 Å². The molecule has 2 fully saturated rings. The summed E-state index contributed by atoms with van der Waals surface area (Å²) in [7, 11) is 0. The molecule has 1 N–H and O–H groups in total. The normalized spacial score (nSPS) is 23.3. The number of amides is 1. The van der Waals surface area contributed by atoms with Crippen molar-refractivity contribution < 1.29 is 4.79 Å². The maximum Gasteiger partial charge on any atom is 0.219 e. The van der Waals surface area contributed by atoms with Crippen LogP contribution < -0.4 is 5.32 Å². The van der Waals surface area contributed by atoms with E-state index in [-0.39, 0.29) is 5.91 Å². The maximum atomic E-state index is 11.2. The highest BCUT2D eigenvalue weighted by Gasteiger charge is 2.20. The van der Waals surface area contributed by atoms with Crippen LogP contribution in [0.3, 0.4) is 0 Å². The minimum absolute atomic E-state index is 0.232. The van der Waals surface area contributed by atoms with Crippen LogP contribution in [0.1, 0.15) is 58.3 Å². The first-order valence-corrected chi connectivity index (χ1v) is 7.74. The van der Waals surface area contributed by atoms with Gasteiger partial charge in [-0.15, -0.1) is 0 Å². The second kappa shape index (κ2) is 7.13. The van der Waals surface area contributed by atoms with E-state index in [9.17, 15) is 4.79 Å². The van der Waals surface area contributed by atoms with Crippen molar-refractivity contribution in [3.8, 4) is 0 Å². The van der Waals surface area contributed by atoms with Gasteiger partial charge >= 0.3 is 0 Å². The predicted octanol–water partition coefficient (Wildman–Crippen LogP) is 2.56. The van der Waals surface area contributed by atoms with Gasteiger partial charge in [0.05, 0.1) is 0 Å². The molecule has 2 rings (SSSR count). The van der Waals surface area contributed by atoms with Gasteiger partial charge < -0.3 is 10.2 Å². The van der Waals surface area contributed by atoms with E-state index in [1.54, 1.807) is 6.92 Å². The lowest BCUT2D eigenvalue weighted by molar-refractivity contribution is -0.129. The molecule has 104 valence electrons. The van der Waals surface area contributed by atoms with Crippen molar-refractivity contribution in [1.29, 1.82) is 0 Å². The van der Waals surface area contributed by atoms with Gasteiger partial charge in [-0.1, -0.05) is 32.1 Å². The first kappa shape index (κ1) is 13.9. The number of rotatable bonds is 4. The zero-order valence-electron chi connectivity index (χ0n) is 11.8. The molecule has 1 aliphatic heterocycles. The van der Waals surface area contributed by atoms with Crippen molar-refractivity contribution in [1.82, 2.24) is 10.2 Å². The zero-order chi connectivity index (χ0) is 12.8. The molecule has 18 heavy (non-hydrogen) atoms. The highest BCUT2D eigenvalue weighted by Crippen LogP contribution is 2.25. The molecule has 0 spiro atoms. The number of carbonyl (C=O) groups is 1. The molecule has 3 heteroatoms. The van der Waals surface area contributed by atoms with Gasteiger partial charge in [-0.2, -0.15) is 0 Å². The van der Waals surface area contributed by atoms with Crippen LogP contribution in [0.15, 0.2) is 0 Å². The molecule has 0 aromatic rings. The highest BCUT2D eigenvalue weighted by molar-refractivity contribution is 5.73. The summed E-state index contributed by atoms with van der Waals surface area (Å²) in [5.74, 6) is 1.21. The van der Waals surface area contributed by atoms with Gasteiger partial charge in [0.15, 0.2) is 0 Å². The van der Waals surface area contributed by atoms with E-state index in [0.717, 1.165) is 31.8 Å². The van der Waals surface area contributed by atoms with Gasteiger partial charge in [0.25, 0.3) is 0 Å². The van der Waals surface area contributed by atoms with Crippen LogP contribution in [0.25, 0.3) is 0 Å². The van der Waals surface area contributed by atoms with Gasteiger partial charge in [-0.05, 0) is 31.7 Å². The van der Waals surface area contributed by atoms with Gasteiger partial charge in [0.2, 0.25) is 5.91 Å². The van der Waals surface area contributed by atoms with Crippen LogP contribution in [-0.2, 0) is 4.79 Å². The molecular formula is C15H28N2O. The summed E-state index contributed by atoms with van der Waals surface area (Å²) in [6.45, 7) is 4.74.